The third-order valence-electron chi connectivity index (χ3n) is 8.27. The number of aliphatic hydroxyl groups is 1. The Labute approximate surface area is 235 Å². The molecule has 1 aromatic heterocycles. The fraction of sp³-hybridized carbons (Fsp3) is 0.577. The molecule has 2 atom stereocenters. The van der Waals surface area contributed by atoms with Crippen LogP contribution >= 0.6 is 0 Å². The van der Waals surface area contributed by atoms with Gasteiger partial charge in [0.25, 0.3) is 17.8 Å². The number of carbonyl (C=O) groups excluding carboxylic acids is 1. The van der Waals surface area contributed by atoms with Crippen LogP contribution in [-0.2, 0) is 10.0 Å². The third-order valence-corrected chi connectivity index (χ3v) is 9.53. The molecule has 2 aromatic rings. The van der Waals surface area contributed by atoms with Gasteiger partial charge in [-0.25, -0.2) is 31.0 Å². The number of hydrogen-bond donors (Lipinski definition) is 3. The number of aliphatic hydroxyl groups excluding tert-OH is 1. The summed E-state index contributed by atoms with van der Waals surface area (Å²) in [4.78, 5) is 25.5. The van der Waals surface area contributed by atoms with E-state index in [1.165, 1.54) is 24.3 Å². The summed E-state index contributed by atoms with van der Waals surface area (Å²) in [7, 11) is -3.88. The first-order valence-electron chi connectivity index (χ1n) is 13.3. The Bertz CT molecular complexity index is 1450. The van der Waals surface area contributed by atoms with Gasteiger partial charge in [-0.05, 0) is 31.5 Å². The summed E-state index contributed by atoms with van der Waals surface area (Å²) in [5, 5.41) is 11.7. The van der Waals surface area contributed by atoms with Crippen molar-refractivity contribution in [3.8, 4) is 0 Å². The van der Waals surface area contributed by atoms with E-state index in [-0.39, 0.29) is 74.1 Å². The highest BCUT2D eigenvalue weighted by Gasteiger charge is 2.78. The number of aromatic nitrogens is 2. The largest absolute Gasteiger partial charge is 0.395 e. The molecular weight excluding hydrogens is 568 g/mol. The Morgan fingerprint density at radius 3 is 2.41 bits per heavy atom. The van der Waals surface area contributed by atoms with Crippen LogP contribution < -0.4 is 19.8 Å². The van der Waals surface area contributed by atoms with E-state index in [9.17, 15) is 30.8 Å². The molecule has 1 saturated carbocycles. The molecule has 2 unspecified atom stereocenters. The maximum absolute atomic E-state index is 14.5. The van der Waals surface area contributed by atoms with Crippen molar-refractivity contribution in [2.75, 3.05) is 58.4 Å². The quantitative estimate of drug-likeness (QED) is 0.393. The first kappa shape index (κ1) is 29.3. The zero-order chi connectivity index (χ0) is 29.8. The molecule has 3 fully saturated rings. The normalized spacial score (nSPS) is 24.9. The van der Waals surface area contributed by atoms with Crippen LogP contribution in [0.5, 0.6) is 0 Å². The number of hydrogen-bond acceptors (Lipinski definition) is 8. The van der Waals surface area contributed by atoms with Crippen LogP contribution in [0.15, 0.2) is 24.3 Å². The Kier molecular flexibility index (Phi) is 7.33. The maximum atomic E-state index is 14.5. The number of fused-ring (bicyclic) bond motifs is 1. The minimum absolute atomic E-state index is 0.0209. The lowest BCUT2D eigenvalue weighted by Gasteiger charge is -2.32. The molecule has 3 heterocycles. The standard InChI is InChI=1S/C26H32F4N6O4S/c1-16-13-21(33-23(31-16)35-9-6-25(27,28)7-10-35)32-22(38)18-4-3-17(34-41(39,40)12-11-37)14-19(18)36-8-5-24(2)20(15-36)26(24,29)30/h3-4,13-14,20,34,37H,5-12,15H2,1-2H3,(H,31,32,33,38). The lowest BCUT2D eigenvalue weighted by atomic mass is 9.96. The number of rotatable bonds is 8. The zero-order valence-electron chi connectivity index (χ0n) is 22.6. The van der Waals surface area contributed by atoms with Gasteiger partial charge in [-0.3, -0.25) is 9.52 Å². The van der Waals surface area contributed by atoms with E-state index in [4.69, 9.17) is 5.11 Å². The Hall–Kier alpha value is -3.20. The van der Waals surface area contributed by atoms with Crippen LogP contribution in [0.3, 0.4) is 0 Å². The van der Waals surface area contributed by atoms with Crippen LogP contribution in [0.25, 0.3) is 0 Å². The lowest BCUT2D eigenvalue weighted by Crippen LogP contribution is -2.40. The zero-order valence-corrected chi connectivity index (χ0v) is 23.4. The van der Waals surface area contributed by atoms with Crippen molar-refractivity contribution < 1.29 is 35.9 Å². The molecule has 5 rings (SSSR count). The molecule has 41 heavy (non-hydrogen) atoms. The number of alkyl halides is 4. The highest BCUT2D eigenvalue weighted by molar-refractivity contribution is 7.92. The predicted molar refractivity (Wildman–Crippen MR) is 145 cm³/mol. The molecule has 3 N–H and O–H groups in total. The van der Waals surface area contributed by atoms with Gasteiger partial charge in [0.15, 0.2) is 0 Å². The first-order valence-corrected chi connectivity index (χ1v) is 15.0. The minimum Gasteiger partial charge on any atom is -0.395 e. The molecule has 1 aliphatic carbocycles. The van der Waals surface area contributed by atoms with Crippen molar-refractivity contribution in [1.29, 1.82) is 0 Å². The Morgan fingerprint density at radius 1 is 1.07 bits per heavy atom. The molecule has 2 aliphatic heterocycles. The molecule has 0 spiro atoms. The van der Waals surface area contributed by atoms with Crippen molar-refractivity contribution in [1.82, 2.24) is 9.97 Å². The number of halogens is 4. The molecule has 10 nitrogen and oxygen atoms in total. The summed E-state index contributed by atoms with van der Waals surface area (Å²) in [6.07, 6.45) is -0.479. The summed E-state index contributed by atoms with van der Waals surface area (Å²) in [6, 6.07) is 5.70. The highest BCUT2D eigenvalue weighted by Crippen LogP contribution is 2.69. The topological polar surface area (TPSA) is 128 Å². The summed E-state index contributed by atoms with van der Waals surface area (Å²) < 4.78 is 83.1. The van der Waals surface area contributed by atoms with E-state index >= 15 is 0 Å². The Balaban J connectivity index is 1.42. The number of carbonyl (C=O) groups is 1. The lowest BCUT2D eigenvalue weighted by molar-refractivity contribution is -0.0222. The van der Waals surface area contributed by atoms with Gasteiger partial charge in [-0.2, -0.15) is 4.98 Å². The van der Waals surface area contributed by atoms with Crippen molar-refractivity contribution in [3.63, 3.8) is 0 Å². The fourth-order valence-electron chi connectivity index (χ4n) is 5.60. The number of sulfonamides is 1. The van der Waals surface area contributed by atoms with Crippen LogP contribution in [0.1, 0.15) is 42.2 Å². The van der Waals surface area contributed by atoms with Crippen molar-refractivity contribution >= 4 is 39.1 Å². The van der Waals surface area contributed by atoms with Gasteiger partial charge in [-0.1, -0.05) is 6.92 Å². The first-order chi connectivity index (χ1) is 19.1. The maximum Gasteiger partial charge on any atom is 0.259 e. The van der Waals surface area contributed by atoms with Crippen molar-refractivity contribution in [3.05, 3.63) is 35.5 Å². The van der Waals surface area contributed by atoms with Gasteiger partial charge in [0.2, 0.25) is 16.0 Å². The minimum atomic E-state index is -3.88. The molecule has 2 saturated heterocycles. The second kappa shape index (κ2) is 10.3. The molecule has 1 aromatic carbocycles. The summed E-state index contributed by atoms with van der Waals surface area (Å²) in [5.41, 5.74) is -0.121. The number of amides is 1. The fourth-order valence-corrected chi connectivity index (χ4v) is 6.43. The van der Waals surface area contributed by atoms with Gasteiger partial charge in [-0.15, -0.1) is 0 Å². The van der Waals surface area contributed by atoms with E-state index in [1.54, 1.807) is 23.6 Å². The molecular formula is C26H32F4N6O4S. The molecule has 3 aliphatic rings. The van der Waals surface area contributed by atoms with Crippen LogP contribution in [0.4, 0.5) is 40.7 Å². The van der Waals surface area contributed by atoms with Gasteiger partial charge in [0.05, 0.1) is 35.2 Å². The monoisotopic (exact) mass is 600 g/mol. The number of aryl methyl sites for hydroxylation is 1. The molecule has 1 amide bonds. The summed E-state index contributed by atoms with van der Waals surface area (Å²) in [6.45, 7) is 2.95. The third kappa shape index (κ3) is 5.78. The van der Waals surface area contributed by atoms with E-state index in [2.05, 4.69) is 20.0 Å². The molecule has 224 valence electrons. The number of benzene rings is 1. The van der Waals surface area contributed by atoms with E-state index in [0.29, 0.717) is 5.69 Å². The highest BCUT2D eigenvalue weighted by atomic mass is 32.2. The SMILES string of the molecule is Cc1cc(NC(=O)c2ccc(NS(=O)(=O)CCO)cc2N2CCC3(C)C(C2)C3(F)F)nc(N2CCC(F)(F)CC2)n1. The van der Waals surface area contributed by atoms with Gasteiger partial charge in [0, 0.05) is 56.2 Å². The second-order valence-electron chi connectivity index (χ2n) is 11.2. The van der Waals surface area contributed by atoms with Gasteiger partial charge in [0.1, 0.15) is 5.82 Å². The second-order valence-corrected chi connectivity index (χ2v) is 13.0. The van der Waals surface area contributed by atoms with Crippen LogP contribution in [0.2, 0.25) is 0 Å². The predicted octanol–water partition coefficient (Wildman–Crippen LogP) is 3.49. The van der Waals surface area contributed by atoms with E-state index < -0.39 is 51.5 Å². The summed E-state index contributed by atoms with van der Waals surface area (Å²) >= 11 is 0. The number of piperidine rings is 2. The number of anilines is 4. The van der Waals surface area contributed by atoms with Gasteiger partial charge >= 0.3 is 0 Å². The molecule has 0 bridgehead atoms. The Morgan fingerprint density at radius 2 is 1.76 bits per heavy atom. The number of nitrogens with zero attached hydrogens (tertiary/aromatic N) is 4. The van der Waals surface area contributed by atoms with Crippen molar-refractivity contribution in [2.45, 2.75) is 45.0 Å². The van der Waals surface area contributed by atoms with Crippen molar-refractivity contribution in [2.24, 2.45) is 11.3 Å². The average molecular weight is 601 g/mol. The van der Waals surface area contributed by atoms with Gasteiger partial charge < -0.3 is 20.2 Å². The smallest absolute Gasteiger partial charge is 0.259 e. The van der Waals surface area contributed by atoms with Crippen LogP contribution in [-0.4, -0.2) is 79.8 Å². The van der Waals surface area contributed by atoms with E-state index in [0.717, 1.165) is 0 Å². The summed E-state index contributed by atoms with van der Waals surface area (Å²) in [5.74, 6) is -7.30. The van der Waals surface area contributed by atoms with E-state index in [1.807, 2.05) is 0 Å². The molecule has 0 radical (unpaired) electrons. The average Bonchev–Trinajstić information content (AvgIpc) is 3.33. The van der Waals surface area contributed by atoms with Crippen LogP contribution in [0, 0.1) is 18.3 Å². The number of nitrogens with one attached hydrogen (secondary N) is 2. The molecule has 15 heteroatoms.